The highest BCUT2D eigenvalue weighted by atomic mass is 16.5. The smallest absolute Gasteiger partial charge is 0.122 e. The van der Waals surface area contributed by atoms with Crippen molar-refractivity contribution < 1.29 is 4.74 Å². The summed E-state index contributed by atoms with van der Waals surface area (Å²) in [6, 6.07) is 15.2. The fraction of sp³-hybridized carbons (Fsp3) is 0.333. The largest absolute Gasteiger partial charge is 0.493 e. The summed E-state index contributed by atoms with van der Waals surface area (Å²) in [6.07, 6.45) is 2.19. The number of rotatable bonds is 5. The van der Waals surface area contributed by atoms with Gasteiger partial charge in [-0.3, -0.25) is 0 Å². The van der Waals surface area contributed by atoms with Gasteiger partial charge in [-0.15, -0.1) is 0 Å². The van der Waals surface area contributed by atoms with Gasteiger partial charge < -0.3 is 10.1 Å². The molecule has 0 aliphatic carbocycles. The molecular formula is C18H21NO. The van der Waals surface area contributed by atoms with Crippen molar-refractivity contribution in [2.45, 2.75) is 26.3 Å². The highest BCUT2D eigenvalue weighted by Crippen LogP contribution is 2.31. The number of hydrogen-bond acceptors (Lipinski definition) is 2. The van der Waals surface area contributed by atoms with Gasteiger partial charge in [0.2, 0.25) is 0 Å². The minimum atomic E-state index is 0.818. The summed E-state index contributed by atoms with van der Waals surface area (Å²) in [5, 5.41) is 3.49. The van der Waals surface area contributed by atoms with Crippen molar-refractivity contribution >= 4 is 0 Å². The van der Waals surface area contributed by atoms with Crippen LogP contribution in [0.25, 0.3) is 11.1 Å². The number of fused-ring (bicyclic) bond motifs is 1. The molecule has 0 spiro atoms. The first kappa shape index (κ1) is 13.2. The van der Waals surface area contributed by atoms with Crippen LogP contribution in [0, 0.1) is 0 Å². The van der Waals surface area contributed by atoms with Gasteiger partial charge in [0.1, 0.15) is 5.75 Å². The molecule has 2 aromatic rings. The van der Waals surface area contributed by atoms with Gasteiger partial charge in [0.25, 0.3) is 0 Å². The zero-order chi connectivity index (χ0) is 13.8. The third-order valence-corrected chi connectivity index (χ3v) is 3.76. The molecule has 0 fully saturated rings. The molecule has 0 unspecified atom stereocenters. The van der Waals surface area contributed by atoms with E-state index in [9.17, 15) is 0 Å². The molecule has 104 valence electrons. The predicted octanol–water partition coefficient (Wildman–Crippen LogP) is 3.79. The first-order valence-electron chi connectivity index (χ1n) is 7.43. The zero-order valence-corrected chi connectivity index (χ0v) is 12.0. The summed E-state index contributed by atoms with van der Waals surface area (Å²) in [7, 11) is 0. The lowest BCUT2D eigenvalue weighted by atomic mass is 9.97. The molecule has 3 rings (SSSR count). The van der Waals surface area contributed by atoms with Crippen LogP contribution in [0.15, 0.2) is 42.5 Å². The molecule has 2 heteroatoms. The Labute approximate surface area is 120 Å². The summed E-state index contributed by atoms with van der Waals surface area (Å²) < 4.78 is 5.59. The molecule has 0 saturated heterocycles. The maximum Gasteiger partial charge on any atom is 0.122 e. The molecule has 0 radical (unpaired) electrons. The van der Waals surface area contributed by atoms with Crippen LogP contribution >= 0.6 is 0 Å². The summed E-state index contributed by atoms with van der Waals surface area (Å²) in [5.41, 5.74) is 5.31. The molecule has 1 aliphatic rings. The van der Waals surface area contributed by atoms with Crippen LogP contribution in [0.4, 0.5) is 0 Å². The Morgan fingerprint density at radius 1 is 1.15 bits per heavy atom. The molecule has 0 saturated carbocycles. The van der Waals surface area contributed by atoms with Gasteiger partial charge >= 0.3 is 0 Å². The normalized spacial score (nSPS) is 13.1. The average molecular weight is 267 g/mol. The second-order valence-corrected chi connectivity index (χ2v) is 5.25. The fourth-order valence-electron chi connectivity index (χ4n) is 2.71. The standard InChI is InChI=1S/C18H21NO/c1-2-10-19-13-16-5-3-4-6-17(16)14-7-8-18-15(12-14)9-11-20-18/h3-8,12,19H,2,9-11,13H2,1H3. The van der Waals surface area contributed by atoms with E-state index in [4.69, 9.17) is 4.74 Å². The molecule has 20 heavy (non-hydrogen) atoms. The quantitative estimate of drug-likeness (QED) is 0.832. The Kier molecular flexibility index (Phi) is 4.03. The van der Waals surface area contributed by atoms with E-state index in [1.165, 1.54) is 28.7 Å². The van der Waals surface area contributed by atoms with E-state index in [0.29, 0.717) is 0 Å². The van der Waals surface area contributed by atoms with E-state index in [2.05, 4.69) is 54.7 Å². The van der Waals surface area contributed by atoms with Crippen LogP contribution in [0.3, 0.4) is 0 Å². The first-order valence-corrected chi connectivity index (χ1v) is 7.43. The van der Waals surface area contributed by atoms with Crippen molar-refractivity contribution in [1.29, 1.82) is 0 Å². The van der Waals surface area contributed by atoms with Gasteiger partial charge in [0, 0.05) is 13.0 Å². The highest BCUT2D eigenvalue weighted by molar-refractivity contribution is 5.69. The number of benzene rings is 2. The monoisotopic (exact) mass is 267 g/mol. The first-order chi connectivity index (χ1) is 9.88. The van der Waals surface area contributed by atoms with Gasteiger partial charge in [-0.2, -0.15) is 0 Å². The molecule has 0 atom stereocenters. The Hall–Kier alpha value is -1.80. The average Bonchev–Trinajstić information content (AvgIpc) is 2.95. The molecule has 1 N–H and O–H groups in total. The van der Waals surface area contributed by atoms with Gasteiger partial charge in [0.15, 0.2) is 0 Å². The van der Waals surface area contributed by atoms with Crippen LogP contribution in [0.2, 0.25) is 0 Å². The molecule has 2 aromatic carbocycles. The second kappa shape index (κ2) is 6.10. The third-order valence-electron chi connectivity index (χ3n) is 3.76. The molecule has 1 aliphatic heterocycles. The Morgan fingerprint density at radius 3 is 2.95 bits per heavy atom. The van der Waals surface area contributed by atoms with Gasteiger partial charge in [-0.05, 0) is 47.4 Å². The molecule has 0 aromatic heterocycles. The summed E-state index contributed by atoms with van der Waals surface area (Å²) >= 11 is 0. The molecule has 1 heterocycles. The van der Waals surface area contributed by atoms with Crippen LogP contribution in [0.1, 0.15) is 24.5 Å². The molecule has 0 amide bonds. The fourth-order valence-corrected chi connectivity index (χ4v) is 2.71. The Bertz CT molecular complexity index is 592. The molecular weight excluding hydrogens is 246 g/mol. The summed E-state index contributed by atoms with van der Waals surface area (Å²) in [6.45, 7) is 5.00. The highest BCUT2D eigenvalue weighted by Gasteiger charge is 2.13. The van der Waals surface area contributed by atoms with Crippen molar-refractivity contribution in [3.8, 4) is 16.9 Å². The van der Waals surface area contributed by atoms with Crippen molar-refractivity contribution in [3.63, 3.8) is 0 Å². The van der Waals surface area contributed by atoms with Crippen LogP contribution in [-0.2, 0) is 13.0 Å². The lowest BCUT2D eigenvalue weighted by Gasteiger charge is -2.11. The van der Waals surface area contributed by atoms with Crippen LogP contribution < -0.4 is 10.1 Å². The maximum atomic E-state index is 5.59. The zero-order valence-electron chi connectivity index (χ0n) is 12.0. The maximum absolute atomic E-state index is 5.59. The van der Waals surface area contributed by atoms with E-state index in [-0.39, 0.29) is 0 Å². The van der Waals surface area contributed by atoms with Crippen LogP contribution in [0.5, 0.6) is 5.75 Å². The van der Waals surface area contributed by atoms with E-state index in [0.717, 1.165) is 31.9 Å². The predicted molar refractivity (Wildman–Crippen MR) is 83.1 cm³/mol. The number of ether oxygens (including phenoxy) is 1. The summed E-state index contributed by atoms with van der Waals surface area (Å²) in [5.74, 6) is 1.05. The van der Waals surface area contributed by atoms with Gasteiger partial charge in [0.05, 0.1) is 6.61 Å². The lowest BCUT2D eigenvalue weighted by Crippen LogP contribution is -2.14. The molecule has 0 bridgehead atoms. The SMILES string of the molecule is CCCNCc1ccccc1-c1ccc2c(c1)CCO2. The van der Waals surface area contributed by atoms with E-state index >= 15 is 0 Å². The van der Waals surface area contributed by atoms with Gasteiger partial charge in [-0.25, -0.2) is 0 Å². The number of hydrogen-bond donors (Lipinski definition) is 1. The Balaban J connectivity index is 1.89. The van der Waals surface area contributed by atoms with E-state index < -0.39 is 0 Å². The van der Waals surface area contributed by atoms with Crippen molar-refractivity contribution in [1.82, 2.24) is 5.32 Å². The lowest BCUT2D eigenvalue weighted by molar-refractivity contribution is 0.357. The van der Waals surface area contributed by atoms with Crippen LogP contribution in [-0.4, -0.2) is 13.2 Å². The summed E-state index contributed by atoms with van der Waals surface area (Å²) in [4.78, 5) is 0. The van der Waals surface area contributed by atoms with Crippen molar-refractivity contribution in [3.05, 3.63) is 53.6 Å². The van der Waals surface area contributed by atoms with Crippen molar-refractivity contribution in [2.24, 2.45) is 0 Å². The Morgan fingerprint density at radius 2 is 2.05 bits per heavy atom. The minimum Gasteiger partial charge on any atom is -0.493 e. The topological polar surface area (TPSA) is 21.3 Å². The van der Waals surface area contributed by atoms with Crippen molar-refractivity contribution in [2.75, 3.05) is 13.2 Å². The van der Waals surface area contributed by atoms with Gasteiger partial charge in [-0.1, -0.05) is 37.3 Å². The minimum absolute atomic E-state index is 0.818. The third kappa shape index (κ3) is 2.70. The molecule has 2 nitrogen and oxygen atoms in total. The van der Waals surface area contributed by atoms with E-state index in [1.54, 1.807) is 0 Å². The van der Waals surface area contributed by atoms with E-state index in [1.807, 2.05) is 0 Å². The number of nitrogens with one attached hydrogen (secondary N) is 1. The second-order valence-electron chi connectivity index (χ2n) is 5.25.